The van der Waals surface area contributed by atoms with Crippen molar-refractivity contribution in [3.63, 3.8) is 0 Å². The molecule has 2 N–H and O–H groups in total. The molecule has 5 nitrogen and oxygen atoms in total. The quantitative estimate of drug-likeness (QED) is 0.698. The van der Waals surface area contributed by atoms with Crippen molar-refractivity contribution in [1.82, 2.24) is 9.97 Å². The minimum absolute atomic E-state index is 0.108. The van der Waals surface area contributed by atoms with Gasteiger partial charge in [-0.15, -0.1) is 0 Å². The van der Waals surface area contributed by atoms with E-state index >= 15 is 0 Å². The Kier molecular flexibility index (Phi) is 5.51. The number of aromatic nitrogens is 2. The summed E-state index contributed by atoms with van der Waals surface area (Å²) in [6, 6.07) is 0.282. The highest BCUT2D eigenvalue weighted by molar-refractivity contribution is 9.17. The molecule has 1 saturated heterocycles. The van der Waals surface area contributed by atoms with Crippen LogP contribution in [-0.4, -0.2) is 28.5 Å². The molecule has 9 heteroatoms. The van der Waals surface area contributed by atoms with Crippen LogP contribution in [0.2, 0.25) is 5.15 Å². The minimum atomic E-state index is -0.721. The summed E-state index contributed by atoms with van der Waals surface area (Å²) in [6.07, 6.45) is 2.08. The van der Waals surface area contributed by atoms with Crippen LogP contribution in [0.3, 0.4) is 0 Å². The second-order valence-electron chi connectivity index (χ2n) is 4.66. The van der Waals surface area contributed by atoms with E-state index in [2.05, 4.69) is 53.7 Å². The number of halogens is 4. The Hall–Kier alpha value is -0.370. The van der Waals surface area contributed by atoms with Crippen molar-refractivity contribution in [3.05, 3.63) is 20.5 Å². The van der Waals surface area contributed by atoms with Crippen LogP contribution in [0.1, 0.15) is 35.9 Å². The van der Waals surface area contributed by atoms with Gasteiger partial charge in [0.1, 0.15) is 11.0 Å². The van der Waals surface area contributed by atoms with Crippen molar-refractivity contribution in [2.24, 2.45) is 5.73 Å². The molecule has 0 radical (unpaired) electrons. The maximum Gasteiger partial charge on any atom is 0.286 e. The molecule has 1 atom stereocenters. The summed E-state index contributed by atoms with van der Waals surface area (Å²) in [7, 11) is 0. The molecule has 1 aliphatic rings. The average molecular weight is 459 g/mol. The SMILES string of the molecule is CC1CCCN1c1nc(C(N)=O)nc(Cl)c1/C(Br)=C(/Cl)Br. The molecule has 0 saturated carbocycles. The maximum atomic E-state index is 11.4. The van der Waals surface area contributed by atoms with Crippen LogP contribution >= 0.6 is 55.1 Å². The number of nitrogens with two attached hydrogens (primary N) is 1. The van der Waals surface area contributed by atoms with Gasteiger partial charge in [0.05, 0.1) is 14.0 Å². The molecule has 1 aromatic rings. The van der Waals surface area contributed by atoms with Gasteiger partial charge in [-0.3, -0.25) is 4.79 Å². The standard InChI is InChI=1S/C12H12Br2Cl2N4O/c1-5-3-2-4-20(5)12-6(7(13)8(14)15)9(16)18-11(19-12)10(17)21/h5H,2-4H2,1H3,(H2,17,21)/b8-7-. The van der Waals surface area contributed by atoms with Gasteiger partial charge in [-0.05, 0) is 51.6 Å². The van der Waals surface area contributed by atoms with E-state index in [1.54, 1.807) is 0 Å². The van der Waals surface area contributed by atoms with Gasteiger partial charge in [-0.1, -0.05) is 23.2 Å². The Bertz CT molecular complexity index is 620. The number of hydrogen-bond donors (Lipinski definition) is 1. The molecular formula is C12H12Br2Cl2N4O. The van der Waals surface area contributed by atoms with Crippen molar-refractivity contribution in [2.45, 2.75) is 25.8 Å². The third kappa shape index (κ3) is 3.52. The lowest BCUT2D eigenvalue weighted by molar-refractivity contribution is 0.0990. The molecule has 1 unspecified atom stereocenters. The molecule has 1 aromatic heterocycles. The van der Waals surface area contributed by atoms with E-state index < -0.39 is 5.91 Å². The fraction of sp³-hybridized carbons (Fsp3) is 0.417. The van der Waals surface area contributed by atoms with Gasteiger partial charge in [-0.2, -0.15) is 0 Å². The number of carbonyl (C=O) groups excluding carboxylic acids is 1. The van der Waals surface area contributed by atoms with Gasteiger partial charge in [0.2, 0.25) is 5.82 Å². The highest BCUT2D eigenvalue weighted by atomic mass is 79.9. The number of carbonyl (C=O) groups is 1. The molecule has 2 rings (SSSR count). The highest BCUT2D eigenvalue weighted by Crippen LogP contribution is 2.41. The van der Waals surface area contributed by atoms with Crippen LogP contribution in [0.25, 0.3) is 4.48 Å². The van der Waals surface area contributed by atoms with E-state index in [1.165, 1.54) is 0 Å². The molecular weight excluding hydrogens is 447 g/mol. The van der Waals surface area contributed by atoms with Gasteiger partial charge in [0, 0.05) is 12.6 Å². The molecule has 21 heavy (non-hydrogen) atoms. The van der Waals surface area contributed by atoms with Crippen LogP contribution in [0.15, 0.2) is 3.94 Å². The van der Waals surface area contributed by atoms with Crippen molar-refractivity contribution < 1.29 is 4.79 Å². The maximum absolute atomic E-state index is 11.4. The Labute approximate surface area is 149 Å². The largest absolute Gasteiger partial charge is 0.363 e. The van der Waals surface area contributed by atoms with Crippen molar-refractivity contribution in [1.29, 1.82) is 0 Å². The molecule has 1 aliphatic heterocycles. The fourth-order valence-electron chi connectivity index (χ4n) is 2.27. The van der Waals surface area contributed by atoms with Gasteiger partial charge < -0.3 is 10.6 Å². The molecule has 0 bridgehead atoms. The van der Waals surface area contributed by atoms with Gasteiger partial charge in [-0.25, -0.2) is 9.97 Å². The zero-order chi connectivity index (χ0) is 15.7. The summed E-state index contributed by atoms with van der Waals surface area (Å²) in [6.45, 7) is 2.91. The average Bonchev–Trinajstić information content (AvgIpc) is 2.82. The van der Waals surface area contributed by atoms with Crippen LogP contribution in [0.5, 0.6) is 0 Å². The van der Waals surface area contributed by atoms with E-state index in [4.69, 9.17) is 28.9 Å². The van der Waals surface area contributed by atoms with E-state index in [9.17, 15) is 4.79 Å². The minimum Gasteiger partial charge on any atom is -0.363 e. The topological polar surface area (TPSA) is 72.1 Å². The summed E-state index contributed by atoms with van der Waals surface area (Å²) in [5.74, 6) is -0.274. The molecule has 114 valence electrons. The summed E-state index contributed by atoms with van der Waals surface area (Å²) < 4.78 is 0.868. The first kappa shape index (κ1) is 17.0. The number of nitrogens with zero attached hydrogens (tertiary/aromatic N) is 3. The van der Waals surface area contributed by atoms with Crippen molar-refractivity contribution in [3.8, 4) is 0 Å². The molecule has 1 amide bonds. The summed E-state index contributed by atoms with van der Waals surface area (Å²) in [5, 5.41) is 0.123. The van der Waals surface area contributed by atoms with Gasteiger partial charge >= 0.3 is 0 Å². The lowest BCUT2D eigenvalue weighted by atomic mass is 10.2. The second-order valence-corrected chi connectivity index (χ2v) is 7.44. The summed E-state index contributed by atoms with van der Waals surface area (Å²) in [4.78, 5) is 21.7. The van der Waals surface area contributed by atoms with Crippen LogP contribution < -0.4 is 10.6 Å². The lowest BCUT2D eigenvalue weighted by Crippen LogP contribution is -2.30. The molecule has 2 heterocycles. The van der Waals surface area contributed by atoms with Crippen molar-refractivity contribution >= 4 is 71.3 Å². The van der Waals surface area contributed by atoms with E-state index in [0.29, 0.717) is 19.8 Å². The van der Waals surface area contributed by atoms with Gasteiger partial charge in [0.15, 0.2) is 0 Å². The molecule has 0 aliphatic carbocycles. The summed E-state index contributed by atoms with van der Waals surface area (Å²) >= 11 is 18.8. The van der Waals surface area contributed by atoms with Gasteiger partial charge in [0.25, 0.3) is 5.91 Å². The fourth-order valence-corrected chi connectivity index (χ4v) is 3.30. The molecule has 1 fully saturated rings. The number of rotatable bonds is 3. The number of amides is 1. The van der Waals surface area contributed by atoms with E-state index in [1.807, 2.05) is 0 Å². The first-order chi connectivity index (χ1) is 9.82. The number of primary amides is 1. The third-order valence-corrected chi connectivity index (χ3v) is 5.69. The smallest absolute Gasteiger partial charge is 0.286 e. The normalized spacial score (nSPS) is 19.7. The highest BCUT2D eigenvalue weighted by Gasteiger charge is 2.28. The first-order valence-electron chi connectivity index (χ1n) is 6.18. The van der Waals surface area contributed by atoms with Crippen LogP contribution in [-0.2, 0) is 0 Å². The summed E-state index contributed by atoms with van der Waals surface area (Å²) in [5.41, 5.74) is 5.81. The Morgan fingerprint density at radius 3 is 2.57 bits per heavy atom. The Morgan fingerprint density at radius 1 is 1.43 bits per heavy atom. The Morgan fingerprint density at radius 2 is 2.10 bits per heavy atom. The Balaban J connectivity index is 2.68. The van der Waals surface area contributed by atoms with E-state index in [-0.39, 0.29) is 17.0 Å². The third-order valence-electron chi connectivity index (χ3n) is 3.28. The van der Waals surface area contributed by atoms with Crippen molar-refractivity contribution in [2.75, 3.05) is 11.4 Å². The lowest BCUT2D eigenvalue weighted by Gasteiger charge is -2.25. The van der Waals surface area contributed by atoms with Crippen LogP contribution in [0, 0.1) is 0 Å². The van der Waals surface area contributed by atoms with E-state index in [0.717, 1.165) is 19.4 Å². The second kappa shape index (κ2) is 6.81. The predicted octanol–water partition coefficient (Wildman–Crippen LogP) is 3.87. The first-order valence-corrected chi connectivity index (χ1v) is 8.52. The molecule has 0 spiro atoms. The predicted molar refractivity (Wildman–Crippen MR) is 92.2 cm³/mol. The number of hydrogen-bond acceptors (Lipinski definition) is 4. The zero-order valence-corrected chi connectivity index (χ0v) is 15.7. The van der Waals surface area contributed by atoms with Crippen LogP contribution in [0.4, 0.5) is 5.82 Å². The molecule has 0 aromatic carbocycles. The number of anilines is 1. The zero-order valence-electron chi connectivity index (χ0n) is 11.0. The monoisotopic (exact) mass is 456 g/mol.